The van der Waals surface area contributed by atoms with Gasteiger partial charge in [-0.25, -0.2) is 0 Å². The van der Waals surface area contributed by atoms with Crippen LogP contribution in [0.5, 0.6) is 5.75 Å². The van der Waals surface area contributed by atoms with Crippen LogP contribution in [0.15, 0.2) is 34.8 Å². The van der Waals surface area contributed by atoms with Crippen LogP contribution in [0.1, 0.15) is 21.4 Å². The van der Waals surface area contributed by atoms with E-state index < -0.39 is 0 Å². The van der Waals surface area contributed by atoms with Crippen LogP contribution in [-0.2, 0) is 6.54 Å². The molecule has 0 fully saturated rings. The maximum atomic E-state index is 6.13. The molecule has 2 heterocycles. The normalized spacial score (nSPS) is 18.4. The summed E-state index contributed by atoms with van der Waals surface area (Å²) < 4.78 is 7.13. The quantitative estimate of drug-likeness (QED) is 0.900. The molecule has 0 saturated carbocycles. The van der Waals surface area contributed by atoms with E-state index in [1.54, 1.807) is 0 Å². The standard InChI is InChI=1S/C14H14BrNOS/c1-9-6-10-7-16-8-13(14(10)18-9)17-12-5-3-2-4-11(12)15/h2-6,13,16H,7-8H2,1H3. The second kappa shape index (κ2) is 5.03. The fraction of sp³-hybridized carbons (Fsp3) is 0.286. The summed E-state index contributed by atoms with van der Waals surface area (Å²) in [5.74, 6) is 0.906. The number of hydrogen-bond donors (Lipinski definition) is 1. The zero-order valence-electron chi connectivity index (χ0n) is 10.1. The molecule has 0 radical (unpaired) electrons. The Morgan fingerprint density at radius 1 is 1.39 bits per heavy atom. The Labute approximate surface area is 119 Å². The SMILES string of the molecule is Cc1cc2c(s1)C(Oc1ccccc1Br)CNC2. The topological polar surface area (TPSA) is 21.3 Å². The van der Waals surface area contributed by atoms with E-state index in [4.69, 9.17) is 4.74 Å². The molecule has 0 saturated heterocycles. The van der Waals surface area contributed by atoms with E-state index in [9.17, 15) is 0 Å². The fourth-order valence-corrected chi connectivity index (χ4v) is 3.67. The molecule has 1 aromatic carbocycles. The number of para-hydroxylation sites is 1. The molecule has 0 spiro atoms. The average molecular weight is 324 g/mol. The van der Waals surface area contributed by atoms with Gasteiger partial charge in [-0.2, -0.15) is 0 Å². The molecular formula is C14H14BrNOS. The number of benzene rings is 1. The molecule has 1 aliphatic heterocycles. The number of halogens is 1. The van der Waals surface area contributed by atoms with Gasteiger partial charge in [0.25, 0.3) is 0 Å². The molecule has 1 N–H and O–H groups in total. The Bertz CT molecular complexity index is 567. The Morgan fingerprint density at radius 2 is 2.22 bits per heavy atom. The van der Waals surface area contributed by atoms with Gasteiger partial charge in [0.05, 0.1) is 9.35 Å². The number of rotatable bonds is 2. The summed E-state index contributed by atoms with van der Waals surface area (Å²) in [7, 11) is 0. The van der Waals surface area contributed by atoms with Gasteiger partial charge in [-0.3, -0.25) is 0 Å². The molecule has 1 atom stereocenters. The van der Waals surface area contributed by atoms with Crippen molar-refractivity contribution in [1.82, 2.24) is 5.32 Å². The van der Waals surface area contributed by atoms with Gasteiger partial charge in [0.1, 0.15) is 11.9 Å². The highest BCUT2D eigenvalue weighted by atomic mass is 79.9. The van der Waals surface area contributed by atoms with Crippen molar-refractivity contribution in [3.05, 3.63) is 50.1 Å². The molecule has 1 aliphatic rings. The third-order valence-corrected chi connectivity index (χ3v) is 4.85. The summed E-state index contributed by atoms with van der Waals surface area (Å²) >= 11 is 5.37. The third kappa shape index (κ3) is 2.32. The number of fused-ring (bicyclic) bond motifs is 1. The predicted octanol–water partition coefficient (Wildman–Crippen LogP) is 4.04. The number of aryl methyl sites for hydroxylation is 1. The van der Waals surface area contributed by atoms with Gasteiger partial charge in [-0.15, -0.1) is 11.3 Å². The van der Waals surface area contributed by atoms with Gasteiger partial charge < -0.3 is 10.1 Å². The summed E-state index contributed by atoms with van der Waals surface area (Å²) in [5, 5.41) is 3.41. The highest BCUT2D eigenvalue weighted by molar-refractivity contribution is 9.10. The van der Waals surface area contributed by atoms with Crippen LogP contribution in [0.4, 0.5) is 0 Å². The Hall–Kier alpha value is -0.840. The first-order valence-corrected chi connectivity index (χ1v) is 7.56. The van der Waals surface area contributed by atoms with Crippen LogP contribution in [0.3, 0.4) is 0 Å². The minimum atomic E-state index is 0.117. The summed E-state index contributed by atoms with van der Waals surface area (Å²) in [6, 6.07) is 10.3. The lowest BCUT2D eigenvalue weighted by molar-refractivity contribution is 0.194. The summed E-state index contributed by atoms with van der Waals surface area (Å²) in [5.41, 5.74) is 1.38. The maximum absolute atomic E-state index is 6.13. The molecule has 18 heavy (non-hydrogen) atoms. The monoisotopic (exact) mass is 323 g/mol. The van der Waals surface area contributed by atoms with E-state index in [1.165, 1.54) is 15.3 Å². The van der Waals surface area contributed by atoms with Crippen molar-refractivity contribution < 1.29 is 4.74 Å². The molecular weight excluding hydrogens is 310 g/mol. The first-order chi connectivity index (χ1) is 8.74. The summed E-state index contributed by atoms with van der Waals surface area (Å²) in [6.07, 6.45) is 0.117. The molecule has 2 nitrogen and oxygen atoms in total. The lowest BCUT2D eigenvalue weighted by Crippen LogP contribution is -2.29. The second-order valence-corrected chi connectivity index (χ2v) is 6.56. The van der Waals surface area contributed by atoms with E-state index >= 15 is 0 Å². The highest BCUT2D eigenvalue weighted by Gasteiger charge is 2.24. The smallest absolute Gasteiger partial charge is 0.146 e. The van der Waals surface area contributed by atoms with E-state index in [1.807, 2.05) is 35.6 Å². The largest absolute Gasteiger partial charge is 0.482 e. The van der Waals surface area contributed by atoms with Crippen molar-refractivity contribution in [1.29, 1.82) is 0 Å². The van der Waals surface area contributed by atoms with Crippen LogP contribution in [0.25, 0.3) is 0 Å². The molecule has 2 aromatic rings. The van der Waals surface area contributed by atoms with Crippen molar-refractivity contribution in [3.8, 4) is 5.75 Å². The Morgan fingerprint density at radius 3 is 3.06 bits per heavy atom. The molecule has 0 bridgehead atoms. The molecule has 4 heteroatoms. The fourth-order valence-electron chi connectivity index (χ4n) is 2.21. The lowest BCUT2D eigenvalue weighted by atomic mass is 10.1. The van der Waals surface area contributed by atoms with E-state index in [0.717, 1.165) is 23.3 Å². The van der Waals surface area contributed by atoms with E-state index in [2.05, 4.69) is 34.2 Å². The minimum absolute atomic E-state index is 0.117. The first kappa shape index (κ1) is 12.2. The molecule has 1 unspecified atom stereocenters. The molecule has 0 amide bonds. The average Bonchev–Trinajstić information content (AvgIpc) is 2.73. The number of ether oxygens (including phenoxy) is 1. The van der Waals surface area contributed by atoms with Crippen molar-refractivity contribution >= 4 is 27.3 Å². The first-order valence-electron chi connectivity index (χ1n) is 5.95. The maximum Gasteiger partial charge on any atom is 0.146 e. The van der Waals surface area contributed by atoms with Crippen LogP contribution < -0.4 is 10.1 Å². The predicted molar refractivity (Wildman–Crippen MR) is 78.3 cm³/mol. The van der Waals surface area contributed by atoms with Crippen molar-refractivity contribution in [2.45, 2.75) is 19.6 Å². The molecule has 1 aromatic heterocycles. The Balaban J connectivity index is 1.88. The van der Waals surface area contributed by atoms with Gasteiger partial charge in [-0.05, 0) is 46.6 Å². The van der Waals surface area contributed by atoms with Crippen LogP contribution in [0.2, 0.25) is 0 Å². The lowest BCUT2D eigenvalue weighted by Gasteiger charge is -2.24. The summed E-state index contributed by atoms with van der Waals surface area (Å²) in [6.45, 7) is 3.97. The molecule has 94 valence electrons. The highest BCUT2D eigenvalue weighted by Crippen LogP contribution is 2.35. The van der Waals surface area contributed by atoms with Crippen molar-refractivity contribution in [3.63, 3.8) is 0 Å². The van der Waals surface area contributed by atoms with Gasteiger partial charge in [0.15, 0.2) is 0 Å². The van der Waals surface area contributed by atoms with E-state index in [0.29, 0.717) is 0 Å². The van der Waals surface area contributed by atoms with Gasteiger partial charge in [0, 0.05) is 18.0 Å². The zero-order chi connectivity index (χ0) is 12.5. The van der Waals surface area contributed by atoms with Crippen molar-refractivity contribution in [2.75, 3.05) is 6.54 Å². The van der Waals surface area contributed by atoms with Crippen molar-refractivity contribution in [2.24, 2.45) is 0 Å². The number of thiophene rings is 1. The second-order valence-electron chi connectivity index (χ2n) is 4.41. The van der Waals surface area contributed by atoms with E-state index in [-0.39, 0.29) is 6.10 Å². The van der Waals surface area contributed by atoms with Crippen LogP contribution >= 0.6 is 27.3 Å². The molecule has 0 aliphatic carbocycles. The minimum Gasteiger partial charge on any atom is -0.482 e. The number of hydrogen-bond acceptors (Lipinski definition) is 3. The summed E-state index contributed by atoms with van der Waals surface area (Å²) in [4.78, 5) is 2.71. The van der Waals surface area contributed by atoms with Gasteiger partial charge >= 0.3 is 0 Å². The van der Waals surface area contributed by atoms with Gasteiger partial charge in [0.2, 0.25) is 0 Å². The zero-order valence-corrected chi connectivity index (χ0v) is 12.5. The van der Waals surface area contributed by atoms with Gasteiger partial charge in [-0.1, -0.05) is 12.1 Å². The third-order valence-electron chi connectivity index (χ3n) is 3.01. The Kier molecular flexibility index (Phi) is 3.41. The van der Waals surface area contributed by atoms with Crippen LogP contribution in [0, 0.1) is 6.92 Å². The van der Waals surface area contributed by atoms with Crippen LogP contribution in [-0.4, -0.2) is 6.54 Å². The molecule has 3 rings (SSSR count). The number of nitrogens with one attached hydrogen (secondary N) is 1.